The zero-order chi connectivity index (χ0) is 16.6. The van der Waals surface area contributed by atoms with E-state index in [4.69, 9.17) is 9.47 Å². The predicted octanol–water partition coefficient (Wildman–Crippen LogP) is 1.75. The van der Waals surface area contributed by atoms with Gasteiger partial charge in [-0.1, -0.05) is 0 Å². The second-order valence-electron chi connectivity index (χ2n) is 6.67. The summed E-state index contributed by atoms with van der Waals surface area (Å²) in [4.78, 5) is 26.5. The van der Waals surface area contributed by atoms with E-state index in [1.54, 1.807) is 22.0 Å². The number of imidazole rings is 1. The van der Waals surface area contributed by atoms with Crippen LogP contribution in [0.1, 0.15) is 27.2 Å². The molecule has 23 heavy (non-hydrogen) atoms. The van der Waals surface area contributed by atoms with E-state index in [1.807, 2.05) is 27.8 Å². The van der Waals surface area contributed by atoms with E-state index < -0.39 is 5.60 Å². The van der Waals surface area contributed by atoms with Gasteiger partial charge in [0.05, 0.1) is 19.1 Å². The minimum atomic E-state index is -0.495. The quantitative estimate of drug-likeness (QED) is 0.838. The Morgan fingerprint density at radius 1 is 1.35 bits per heavy atom. The zero-order valence-electron chi connectivity index (χ0n) is 13.8. The Kier molecular flexibility index (Phi) is 3.83. The van der Waals surface area contributed by atoms with Crippen LogP contribution in [0.4, 0.5) is 4.79 Å². The summed E-state index contributed by atoms with van der Waals surface area (Å²) in [5.41, 5.74) is 0.761. The Morgan fingerprint density at radius 3 is 2.87 bits per heavy atom. The van der Waals surface area contributed by atoms with Crippen molar-refractivity contribution in [2.75, 3.05) is 13.1 Å². The van der Waals surface area contributed by atoms with Crippen molar-refractivity contribution < 1.29 is 14.3 Å². The average Bonchev–Trinajstić information content (AvgIpc) is 3.05. The molecule has 2 aromatic heterocycles. The van der Waals surface area contributed by atoms with Crippen LogP contribution in [0.15, 0.2) is 12.5 Å². The lowest BCUT2D eigenvalue weighted by Crippen LogP contribution is -2.36. The standard InChI is InChI=1S/C15H21N5O3/c1-15(2,3)23-14(21)20-6-5-10(8-20)22-11-7-16-13-12(18-11)17-9-19(13)4/h7,9-10H,5-6,8H2,1-4H3/t10-/m1/s1. The van der Waals surface area contributed by atoms with Crippen molar-refractivity contribution >= 4 is 17.4 Å². The molecule has 0 bridgehead atoms. The van der Waals surface area contributed by atoms with Gasteiger partial charge in [0.2, 0.25) is 11.5 Å². The highest BCUT2D eigenvalue weighted by atomic mass is 16.6. The monoisotopic (exact) mass is 319 g/mol. The molecule has 1 aliphatic heterocycles. The van der Waals surface area contributed by atoms with Crippen molar-refractivity contribution in [3.63, 3.8) is 0 Å². The molecule has 8 heteroatoms. The predicted molar refractivity (Wildman–Crippen MR) is 83.1 cm³/mol. The van der Waals surface area contributed by atoms with Crippen LogP contribution < -0.4 is 4.74 Å². The molecule has 2 aromatic rings. The Balaban J connectivity index is 1.61. The minimum Gasteiger partial charge on any atom is -0.471 e. The molecular formula is C15H21N5O3. The van der Waals surface area contributed by atoms with Crippen LogP contribution in [0.2, 0.25) is 0 Å². The largest absolute Gasteiger partial charge is 0.471 e. The highest BCUT2D eigenvalue weighted by molar-refractivity contribution is 5.68. The van der Waals surface area contributed by atoms with E-state index in [9.17, 15) is 4.79 Å². The Labute approximate surface area is 134 Å². The van der Waals surface area contributed by atoms with Gasteiger partial charge in [0.25, 0.3) is 0 Å². The molecule has 0 aromatic carbocycles. The topological polar surface area (TPSA) is 82.4 Å². The van der Waals surface area contributed by atoms with Crippen LogP contribution in [-0.4, -0.2) is 55.3 Å². The summed E-state index contributed by atoms with van der Waals surface area (Å²) < 4.78 is 13.0. The Morgan fingerprint density at radius 2 is 2.13 bits per heavy atom. The van der Waals surface area contributed by atoms with E-state index in [2.05, 4.69) is 15.0 Å². The molecule has 0 N–H and O–H groups in total. The number of rotatable bonds is 2. The number of likely N-dealkylation sites (tertiary alicyclic amines) is 1. The molecule has 0 radical (unpaired) electrons. The third-order valence-corrected chi connectivity index (χ3v) is 3.48. The summed E-state index contributed by atoms with van der Waals surface area (Å²) in [5.74, 6) is 0.423. The Bertz CT molecular complexity index is 721. The third-order valence-electron chi connectivity index (χ3n) is 3.48. The van der Waals surface area contributed by atoms with E-state index in [0.29, 0.717) is 30.3 Å². The van der Waals surface area contributed by atoms with E-state index in [0.717, 1.165) is 6.42 Å². The van der Waals surface area contributed by atoms with Crippen LogP contribution in [0.3, 0.4) is 0 Å². The van der Waals surface area contributed by atoms with Gasteiger partial charge in [0.1, 0.15) is 11.7 Å². The number of aromatic nitrogens is 4. The SMILES string of the molecule is Cn1cnc2nc(O[C@@H]3CCN(C(=O)OC(C)(C)C)C3)cnc21. The third kappa shape index (κ3) is 3.52. The minimum absolute atomic E-state index is 0.113. The van der Waals surface area contributed by atoms with E-state index in [1.165, 1.54) is 0 Å². The van der Waals surface area contributed by atoms with Gasteiger partial charge in [-0.15, -0.1) is 0 Å². The molecule has 3 heterocycles. The summed E-state index contributed by atoms with van der Waals surface area (Å²) in [6, 6.07) is 0. The molecule has 0 unspecified atom stereocenters. The average molecular weight is 319 g/mol. The Hall–Kier alpha value is -2.38. The van der Waals surface area contributed by atoms with Crippen LogP contribution >= 0.6 is 0 Å². The van der Waals surface area contributed by atoms with Gasteiger partial charge in [0.15, 0.2) is 5.65 Å². The number of aryl methyl sites for hydroxylation is 1. The first kappa shape index (κ1) is 15.5. The van der Waals surface area contributed by atoms with Gasteiger partial charge in [0, 0.05) is 20.0 Å². The molecule has 8 nitrogen and oxygen atoms in total. The molecule has 0 spiro atoms. The second-order valence-corrected chi connectivity index (χ2v) is 6.67. The number of carbonyl (C=O) groups is 1. The van der Waals surface area contributed by atoms with Crippen molar-refractivity contribution in [2.24, 2.45) is 7.05 Å². The first-order chi connectivity index (χ1) is 10.8. The fourth-order valence-corrected chi connectivity index (χ4v) is 2.43. The number of amides is 1. The van der Waals surface area contributed by atoms with Gasteiger partial charge in [-0.05, 0) is 20.8 Å². The highest BCUT2D eigenvalue weighted by Crippen LogP contribution is 2.20. The number of ether oxygens (including phenoxy) is 2. The van der Waals surface area contributed by atoms with Gasteiger partial charge in [-0.3, -0.25) is 0 Å². The van der Waals surface area contributed by atoms with E-state index in [-0.39, 0.29) is 12.2 Å². The molecule has 3 rings (SSSR count). The first-order valence-corrected chi connectivity index (χ1v) is 7.60. The second kappa shape index (κ2) is 5.68. The van der Waals surface area contributed by atoms with Crippen LogP contribution in [0.5, 0.6) is 5.88 Å². The van der Waals surface area contributed by atoms with Gasteiger partial charge in [-0.25, -0.2) is 14.8 Å². The summed E-state index contributed by atoms with van der Waals surface area (Å²) in [6.45, 7) is 6.65. The zero-order valence-corrected chi connectivity index (χ0v) is 13.8. The summed E-state index contributed by atoms with van der Waals surface area (Å²) in [5, 5.41) is 0. The molecule has 1 aliphatic rings. The lowest BCUT2D eigenvalue weighted by atomic mass is 10.2. The summed E-state index contributed by atoms with van der Waals surface area (Å²) >= 11 is 0. The number of hydrogen-bond acceptors (Lipinski definition) is 6. The van der Waals surface area contributed by atoms with Gasteiger partial charge >= 0.3 is 6.09 Å². The molecule has 1 atom stereocenters. The van der Waals surface area contributed by atoms with Crippen molar-refractivity contribution in [3.8, 4) is 5.88 Å². The normalized spacial score (nSPS) is 18.4. The number of carbonyl (C=O) groups excluding carboxylic acids is 1. The maximum absolute atomic E-state index is 12.0. The summed E-state index contributed by atoms with van der Waals surface area (Å²) in [6.07, 6.45) is 3.56. The molecule has 1 saturated heterocycles. The van der Waals surface area contributed by atoms with Crippen LogP contribution in [-0.2, 0) is 11.8 Å². The van der Waals surface area contributed by atoms with Crippen LogP contribution in [0.25, 0.3) is 11.3 Å². The highest BCUT2D eigenvalue weighted by Gasteiger charge is 2.31. The van der Waals surface area contributed by atoms with Crippen molar-refractivity contribution in [2.45, 2.75) is 38.9 Å². The summed E-state index contributed by atoms with van der Waals surface area (Å²) in [7, 11) is 1.86. The fraction of sp³-hybridized carbons (Fsp3) is 0.600. The number of nitrogens with zero attached hydrogens (tertiary/aromatic N) is 5. The lowest BCUT2D eigenvalue weighted by Gasteiger charge is -2.24. The molecule has 0 saturated carbocycles. The maximum atomic E-state index is 12.0. The van der Waals surface area contributed by atoms with Crippen molar-refractivity contribution in [3.05, 3.63) is 12.5 Å². The number of fused-ring (bicyclic) bond motifs is 1. The van der Waals surface area contributed by atoms with Crippen molar-refractivity contribution in [1.29, 1.82) is 0 Å². The molecule has 1 amide bonds. The van der Waals surface area contributed by atoms with Gasteiger partial charge < -0.3 is 18.9 Å². The smallest absolute Gasteiger partial charge is 0.410 e. The van der Waals surface area contributed by atoms with Crippen LogP contribution in [0, 0.1) is 0 Å². The molecular weight excluding hydrogens is 298 g/mol. The maximum Gasteiger partial charge on any atom is 0.410 e. The molecule has 0 aliphatic carbocycles. The lowest BCUT2D eigenvalue weighted by molar-refractivity contribution is 0.0275. The molecule has 1 fully saturated rings. The van der Waals surface area contributed by atoms with Gasteiger partial charge in [-0.2, -0.15) is 4.98 Å². The van der Waals surface area contributed by atoms with Crippen molar-refractivity contribution in [1.82, 2.24) is 24.4 Å². The van der Waals surface area contributed by atoms with E-state index >= 15 is 0 Å². The fourth-order valence-electron chi connectivity index (χ4n) is 2.43. The first-order valence-electron chi connectivity index (χ1n) is 7.60. The number of hydrogen-bond donors (Lipinski definition) is 0. The molecule has 124 valence electrons.